The van der Waals surface area contributed by atoms with E-state index in [1.54, 1.807) is 12.1 Å². The van der Waals surface area contributed by atoms with Gasteiger partial charge < -0.3 is 9.16 Å². The van der Waals surface area contributed by atoms with Crippen LogP contribution in [0, 0.1) is 0 Å². The molecule has 0 spiro atoms. The van der Waals surface area contributed by atoms with Gasteiger partial charge in [-0.25, -0.2) is 0 Å². The fraction of sp³-hybridized carbons (Fsp3) is 0.321. The van der Waals surface area contributed by atoms with Gasteiger partial charge in [0.2, 0.25) is 0 Å². The third-order valence-electron chi connectivity index (χ3n) is 5.95. The van der Waals surface area contributed by atoms with Crippen molar-refractivity contribution in [2.24, 2.45) is 0 Å². The van der Waals surface area contributed by atoms with Crippen molar-refractivity contribution in [3.8, 4) is 5.75 Å². The first-order valence-corrected chi connectivity index (χ1v) is 13.9. The highest BCUT2D eigenvalue weighted by molar-refractivity contribution is 6.99. The van der Waals surface area contributed by atoms with Crippen LogP contribution in [0.5, 0.6) is 5.75 Å². The molecular formula is C28H31ClF2O3Si. The Hall–Kier alpha value is -2.54. The van der Waals surface area contributed by atoms with Crippen molar-refractivity contribution in [1.29, 1.82) is 0 Å². The average molecular weight is 517 g/mol. The number of ether oxygens (including phenoxy) is 1. The molecule has 0 aliphatic carbocycles. The summed E-state index contributed by atoms with van der Waals surface area (Å²) in [6.45, 7) is 6.58. The van der Waals surface area contributed by atoms with Crippen molar-refractivity contribution in [1.82, 2.24) is 0 Å². The lowest BCUT2D eigenvalue weighted by Crippen LogP contribution is -2.66. The van der Waals surface area contributed by atoms with E-state index in [9.17, 15) is 13.6 Å². The van der Waals surface area contributed by atoms with Crippen LogP contribution in [0.3, 0.4) is 0 Å². The van der Waals surface area contributed by atoms with Crippen LogP contribution in [-0.4, -0.2) is 32.7 Å². The maximum Gasteiger partial charge on any atom is 0.383 e. The van der Waals surface area contributed by atoms with Crippen molar-refractivity contribution in [3.05, 3.63) is 90.5 Å². The minimum absolute atomic E-state index is 0.0774. The highest BCUT2D eigenvalue weighted by Crippen LogP contribution is 2.36. The maximum atomic E-state index is 12.8. The van der Waals surface area contributed by atoms with E-state index in [1.807, 2.05) is 24.3 Å². The number of hydrogen-bond donors (Lipinski definition) is 0. The zero-order valence-electron chi connectivity index (χ0n) is 20.3. The highest BCUT2D eigenvalue weighted by atomic mass is 35.5. The molecule has 186 valence electrons. The third-order valence-corrected chi connectivity index (χ3v) is 11.2. The minimum Gasteiger partial charge on any atom is -0.486 e. The molecule has 0 saturated heterocycles. The Kier molecular flexibility index (Phi) is 8.86. The molecule has 0 amide bonds. The van der Waals surface area contributed by atoms with Gasteiger partial charge in [0, 0.05) is 6.61 Å². The monoisotopic (exact) mass is 516 g/mol. The fourth-order valence-electron chi connectivity index (χ4n) is 4.25. The van der Waals surface area contributed by atoms with Gasteiger partial charge in [-0.1, -0.05) is 93.6 Å². The predicted octanol–water partition coefficient (Wildman–Crippen LogP) is 5.98. The number of carbonyl (C=O) groups excluding carboxylic acids is 1. The van der Waals surface area contributed by atoms with Gasteiger partial charge in [0.1, 0.15) is 5.75 Å². The standard InChI is InChI=1S/C28H31ClF2O3Si/c1-27(2,3)35(24-12-6-4-7-13-24,25-14-8-5-9-15-25)34-20-10-11-22-16-18-23(19-17-22)33-21-26(32)28(29,30)31/h4-9,12-19H,10-11,20-21H2,1-3H3. The van der Waals surface area contributed by atoms with Crippen LogP contribution in [0.4, 0.5) is 8.78 Å². The van der Waals surface area contributed by atoms with Gasteiger partial charge in [-0.3, -0.25) is 4.79 Å². The van der Waals surface area contributed by atoms with Gasteiger partial charge in [-0.05, 0) is 57.6 Å². The molecule has 0 radical (unpaired) electrons. The Bertz CT molecular complexity index is 1040. The minimum atomic E-state index is -3.91. The first kappa shape index (κ1) is 27.1. The van der Waals surface area contributed by atoms with Gasteiger partial charge >= 0.3 is 5.38 Å². The van der Waals surface area contributed by atoms with Crippen LogP contribution in [0.1, 0.15) is 32.8 Å². The van der Waals surface area contributed by atoms with Crippen LogP contribution in [0.2, 0.25) is 5.04 Å². The molecule has 3 aromatic rings. The lowest BCUT2D eigenvalue weighted by molar-refractivity contribution is -0.135. The molecule has 0 N–H and O–H groups in total. The van der Waals surface area contributed by atoms with E-state index in [2.05, 4.69) is 69.3 Å². The second-order valence-corrected chi connectivity index (χ2v) is 14.2. The normalized spacial score (nSPS) is 12.4. The third kappa shape index (κ3) is 6.78. The molecule has 0 fully saturated rings. The molecule has 7 heteroatoms. The molecule has 0 aromatic heterocycles. The van der Waals surface area contributed by atoms with E-state index in [4.69, 9.17) is 20.8 Å². The van der Waals surface area contributed by atoms with E-state index in [0.717, 1.165) is 18.4 Å². The van der Waals surface area contributed by atoms with Gasteiger partial charge in [0.05, 0.1) is 0 Å². The summed E-state index contributed by atoms with van der Waals surface area (Å²) in [5.74, 6) is -1.13. The summed E-state index contributed by atoms with van der Waals surface area (Å²) in [4.78, 5) is 11.2. The van der Waals surface area contributed by atoms with Gasteiger partial charge in [0.15, 0.2) is 6.61 Å². The van der Waals surface area contributed by atoms with Crippen molar-refractivity contribution in [2.75, 3.05) is 13.2 Å². The smallest absolute Gasteiger partial charge is 0.383 e. The summed E-state index contributed by atoms with van der Waals surface area (Å²) in [5, 5.41) is -1.49. The van der Waals surface area contributed by atoms with E-state index in [1.165, 1.54) is 10.4 Å². The predicted molar refractivity (Wildman–Crippen MR) is 140 cm³/mol. The van der Waals surface area contributed by atoms with Gasteiger partial charge in [-0.15, -0.1) is 0 Å². The van der Waals surface area contributed by atoms with Crippen molar-refractivity contribution in [2.45, 2.75) is 44.0 Å². The van der Waals surface area contributed by atoms with E-state index < -0.39 is 26.1 Å². The fourth-order valence-corrected chi connectivity index (χ4v) is 8.91. The van der Waals surface area contributed by atoms with E-state index in [-0.39, 0.29) is 5.04 Å². The summed E-state index contributed by atoms with van der Waals surface area (Å²) in [6, 6.07) is 28.1. The molecule has 3 rings (SSSR count). The lowest BCUT2D eigenvalue weighted by Gasteiger charge is -2.43. The quantitative estimate of drug-likeness (QED) is 0.179. The molecule has 35 heavy (non-hydrogen) atoms. The molecule has 0 saturated carbocycles. The Morgan fingerprint density at radius 1 is 0.857 bits per heavy atom. The summed E-state index contributed by atoms with van der Waals surface area (Å²) in [7, 11) is -2.56. The Labute approximate surface area is 212 Å². The molecule has 0 heterocycles. The average Bonchev–Trinajstić information content (AvgIpc) is 2.83. The van der Waals surface area contributed by atoms with E-state index >= 15 is 0 Å². The number of Topliss-reactive ketones (excluding diaryl/α,β-unsaturated/α-hetero) is 1. The Balaban J connectivity index is 1.67. The molecular weight excluding hydrogens is 486 g/mol. The molecule has 3 aromatic carbocycles. The van der Waals surface area contributed by atoms with Gasteiger partial charge in [-0.2, -0.15) is 8.78 Å². The highest BCUT2D eigenvalue weighted by Gasteiger charge is 2.49. The van der Waals surface area contributed by atoms with Crippen LogP contribution >= 0.6 is 11.6 Å². The van der Waals surface area contributed by atoms with Gasteiger partial charge in [0.25, 0.3) is 14.1 Å². The zero-order chi connectivity index (χ0) is 25.5. The second kappa shape index (κ2) is 11.5. The van der Waals surface area contributed by atoms with Crippen LogP contribution < -0.4 is 15.1 Å². The lowest BCUT2D eigenvalue weighted by atomic mass is 10.1. The summed E-state index contributed by atoms with van der Waals surface area (Å²) < 4.78 is 37.5. The number of carbonyl (C=O) groups is 1. The van der Waals surface area contributed by atoms with E-state index in [0.29, 0.717) is 12.4 Å². The number of halogens is 3. The molecule has 0 bridgehead atoms. The van der Waals surface area contributed by atoms with Crippen molar-refractivity contribution in [3.63, 3.8) is 0 Å². The first-order chi connectivity index (χ1) is 16.5. The SMILES string of the molecule is CC(C)(C)[Si](OCCCc1ccc(OCC(=O)C(F)(F)Cl)cc1)(c1ccccc1)c1ccccc1. The number of alkyl halides is 3. The number of benzene rings is 3. The van der Waals surface area contributed by atoms with Crippen molar-refractivity contribution < 1.29 is 22.7 Å². The number of hydrogen-bond acceptors (Lipinski definition) is 3. The van der Waals surface area contributed by atoms with Crippen LogP contribution in [-0.2, 0) is 15.6 Å². The molecule has 0 aliphatic rings. The number of rotatable bonds is 11. The largest absolute Gasteiger partial charge is 0.486 e. The zero-order valence-corrected chi connectivity index (χ0v) is 22.0. The molecule has 0 aliphatic heterocycles. The summed E-state index contributed by atoms with van der Waals surface area (Å²) in [5.41, 5.74) is 1.07. The van der Waals surface area contributed by atoms with Crippen LogP contribution in [0.15, 0.2) is 84.9 Å². The maximum absolute atomic E-state index is 12.8. The van der Waals surface area contributed by atoms with Crippen molar-refractivity contribution >= 4 is 36.1 Å². The first-order valence-electron chi connectivity index (χ1n) is 11.6. The number of aryl methyl sites for hydroxylation is 1. The molecule has 0 unspecified atom stereocenters. The molecule has 3 nitrogen and oxygen atoms in total. The topological polar surface area (TPSA) is 35.5 Å². The second-order valence-electron chi connectivity index (χ2n) is 9.47. The Morgan fingerprint density at radius 2 is 1.37 bits per heavy atom. The molecule has 0 atom stereocenters. The van der Waals surface area contributed by atoms with Crippen LogP contribution in [0.25, 0.3) is 0 Å². The number of ketones is 1. The Morgan fingerprint density at radius 3 is 1.83 bits per heavy atom. The summed E-state index contributed by atoms with van der Waals surface area (Å²) in [6.07, 6.45) is 1.61. The summed E-state index contributed by atoms with van der Waals surface area (Å²) >= 11 is 4.71.